The number of Topliss-reactive ketones (excluding diaryl/α,β-unsaturated/α-hetero) is 1. The zero-order valence-corrected chi connectivity index (χ0v) is 9.66. The van der Waals surface area contributed by atoms with Crippen molar-refractivity contribution in [1.82, 2.24) is 0 Å². The summed E-state index contributed by atoms with van der Waals surface area (Å²) in [5, 5.41) is 0. The molecule has 0 radical (unpaired) electrons. The number of hydrogen-bond donors (Lipinski definition) is 1. The Balaban J connectivity index is 2.66. The lowest BCUT2D eigenvalue weighted by atomic mass is 9.96. The molecule has 1 rings (SSSR count). The third-order valence-corrected chi connectivity index (χ3v) is 2.55. The maximum Gasteiger partial charge on any atom is 0.154 e. The first-order valence-corrected chi connectivity index (χ1v) is 5.34. The minimum absolute atomic E-state index is 0.121. The van der Waals surface area contributed by atoms with Crippen LogP contribution in [0.1, 0.15) is 25.0 Å². The highest BCUT2D eigenvalue weighted by molar-refractivity contribution is 5.86. The van der Waals surface area contributed by atoms with Crippen molar-refractivity contribution >= 4 is 5.78 Å². The molecule has 2 heteroatoms. The van der Waals surface area contributed by atoms with E-state index in [2.05, 4.69) is 0 Å². The maximum absolute atomic E-state index is 11.7. The molecule has 0 bridgehead atoms. The van der Waals surface area contributed by atoms with E-state index in [-0.39, 0.29) is 17.7 Å². The third kappa shape index (κ3) is 3.48. The molecule has 82 valence electrons. The molecule has 0 amide bonds. The molecule has 1 aromatic rings. The first-order valence-electron chi connectivity index (χ1n) is 5.34. The van der Waals surface area contributed by atoms with Gasteiger partial charge in [0.15, 0.2) is 5.78 Å². The summed E-state index contributed by atoms with van der Waals surface area (Å²) in [7, 11) is 0. The second-order valence-electron chi connectivity index (χ2n) is 4.40. The summed E-state index contributed by atoms with van der Waals surface area (Å²) in [6, 6.07) is 7.66. The van der Waals surface area contributed by atoms with Crippen LogP contribution in [0.15, 0.2) is 24.3 Å². The molecule has 0 heterocycles. The van der Waals surface area contributed by atoms with Gasteiger partial charge in [0.1, 0.15) is 0 Å². The Morgan fingerprint density at radius 3 is 2.60 bits per heavy atom. The number of hydrogen-bond acceptors (Lipinski definition) is 2. The molecule has 0 aliphatic rings. The van der Waals surface area contributed by atoms with Crippen LogP contribution in [-0.2, 0) is 11.2 Å². The maximum atomic E-state index is 11.7. The van der Waals surface area contributed by atoms with E-state index in [4.69, 9.17) is 5.73 Å². The molecule has 0 saturated heterocycles. The molecule has 1 unspecified atom stereocenters. The molecule has 2 N–H and O–H groups in total. The SMILES string of the molecule is Cc1cccc(CC(=O)C(N)C(C)C)c1. The monoisotopic (exact) mass is 205 g/mol. The molecule has 0 fully saturated rings. The largest absolute Gasteiger partial charge is 0.321 e. The summed E-state index contributed by atoms with van der Waals surface area (Å²) < 4.78 is 0. The highest BCUT2D eigenvalue weighted by atomic mass is 16.1. The standard InChI is InChI=1S/C13H19NO/c1-9(2)13(14)12(15)8-11-6-4-5-10(3)7-11/h4-7,9,13H,8,14H2,1-3H3. The molecule has 1 aromatic carbocycles. The van der Waals surface area contributed by atoms with E-state index in [1.807, 2.05) is 45.0 Å². The highest BCUT2D eigenvalue weighted by Crippen LogP contribution is 2.08. The summed E-state index contributed by atoms with van der Waals surface area (Å²) in [5.74, 6) is 0.331. The zero-order valence-electron chi connectivity index (χ0n) is 9.66. The van der Waals surface area contributed by atoms with Crippen LogP contribution in [-0.4, -0.2) is 11.8 Å². The highest BCUT2D eigenvalue weighted by Gasteiger charge is 2.17. The normalized spacial score (nSPS) is 12.9. The van der Waals surface area contributed by atoms with Gasteiger partial charge in [-0.05, 0) is 18.4 Å². The van der Waals surface area contributed by atoms with E-state index in [0.29, 0.717) is 6.42 Å². The quantitative estimate of drug-likeness (QED) is 0.818. The van der Waals surface area contributed by atoms with Crippen molar-refractivity contribution in [3.8, 4) is 0 Å². The zero-order chi connectivity index (χ0) is 11.4. The summed E-state index contributed by atoms with van der Waals surface area (Å²) in [6.07, 6.45) is 0.445. The van der Waals surface area contributed by atoms with Gasteiger partial charge in [0.25, 0.3) is 0 Å². The van der Waals surface area contributed by atoms with Crippen LogP contribution in [0.2, 0.25) is 0 Å². The number of nitrogens with two attached hydrogens (primary N) is 1. The van der Waals surface area contributed by atoms with E-state index in [1.54, 1.807) is 0 Å². The van der Waals surface area contributed by atoms with Gasteiger partial charge in [-0.2, -0.15) is 0 Å². The van der Waals surface area contributed by atoms with Gasteiger partial charge >= 0.3 is 0 Å². The molecule has 1 atom stereocenters. The Morgan fingerprint density at radius 2 is 2.07 bits per heavy atom. The summed E-state index contributed by atoms with van der Waals surface area (Å²) in [6.45, 7) is 5.97. The van der Waals surface area contributed by atoms with Gasteiger partial charge in [-0.3, -0.25) is 4.79 Å². The number of benzene rings is 1. The van der Waals surface area contributed by atoms with Crippen LogP contribution in [0, 0.1) is 12.8 Å². The molecule has 0 aliphatic carbocycles. The van der Waals surface area contributed by atoms with Crippen LogP contribution in [0.4, 0.5) is 0 Å². The lowest BCUT2D eigenvalue weighted by molar-refractivity contribution is -0.120. The summed E-state index contributed by atoms with van der Waals surface area (Å²) >= 11 is 0. The van der Waals surface area contributed by atoms with Gasteiger partial charge in [-0.15, -0.1) is 0 Å². The van der Waals surface area contributed by atoms with Crippen LogP contribution in [0.25, 0.3) is 0 Å². The Bertz CT molecular complexity index is 344. The smallest absolute Gasteiger partial charge is 0.154 e. The topological polar surface area (TPSA) is 43.1 Å². The Morgan fingerprint density at radius 1 is 1.40 bits per heavy atom. The lowest BCUT2D eigenvalue weighted by Gasteiger charge is -2.14. The van der Waals surface area contributed by atoms with E-state index >= 15 is 0 Å². The van der Waals surface area contributed by atoms with E-state index in [1.165, 1.54) is 5.56 Å². The molecule has 0 spiro atoms. The Labute approximate surface area is 91.5 Å². The average molecular weight is 205 g/mol. The minimum Gasteiger partial charge on any atom is -0.321 e. The van der Waals surface area contributed by atoms with Gasteiger partial charge < -0.3 is 5.73 Å². The second kappa shape index (κ2) is 5.08. The predicted octanol–water partition coefficient (Wildman–Crippen LogP) is 2.09. The molecular formula is C13H19NO. The Hall–Kier alpha value is -1.15. The number of carbonyl (C=O) groups excluding carboxylic acids is 1. The minimum atomic E-state index is -0.342. The number of rotatable bonds is 4. The van der Waals surface area contributed by atoms with Crippen LogP contribution in [0.5, 0.6) is 0 Å². The van der Waals surface area contributed by atoms with Gasteiger partial charge in [-0.25, -0.2) is 0 Å². The van der Waals surface area contributed by atoms with Crippen molar-refractivity contribution in [2.75, 3.05) is 0 Å². The van der Waals surface area contributed by atoms with Gasteiger partial charge in [0, 0.05) is 6.42 Å². The van der Waals surface area contributed by atoms with E-state index < -0.39 is 0 Å². The third-order valence-electron chi connectivity index (χ3n) is 2.55. The van der Waals surface area contributed by atoms with Crippen molar-refractivity contribution < 1.29 is 4.79 Å². The average Bonchev–Trinajstić information content (AvgIpc) is 2.16. The van der Waals surface area contributed by atoms with Crippen LogP contribution < -0.4 is 5.73 Å². The molecule has 2 nitrogen and oxygen atoms in total. The van der Waals surface area contributed by atoms with Gasteiger partial charge in [0.2, 0.25) is 0 Å². The first-order chi connectivity index (χ1) is 7.00. The summed E-state index contributed by atoms with van der Waals surface area (Å²) in [5.41, 5.74) is 8.03. The van der Waals surface area contributed by atoms with Crippen molar-refractivity contribution in [2.45, 2.75) is 33.2 Å². The number of ketones is 1. The summed E-state index contributed by atoms with van der Waals surface area (Å²) in [4.78, 5) is 11.7. The fraction of sp³-hybridized carbons (Fsp3) is 0.462. The van der Waals surface area contributed by atoms with Crippen molar-refractivity contribution in [2.24, 2.45) is 11.7 Å². The van der Waals surface area contributed by atoms with Crippen LogP contribution in [0.3, 0.4) is 0 Å². The fourth-order valence-corrected chi connectivity index (χ4v) is 1.51. The molecule has 0 saturated carbocycles. The van der Waals surface area contributed by atoms with Crippen molar-refractivity contribution in [3.63, 3.8) is 0 Å². The molecule has 0 aliphatic heterocycles. The van der Waals surface area contributed by atoms with E-state index in [9.17, 15) is 4.79 Å². The van der Waals surface area contributed by atoms with Crippen molar-refractivity contribution in [3.05, 3.63) is 35.4 Å². The fourth-order valence-electron chi connectivity index (χ4n) is 1.51. The molecular weight excluding hydrogens is 186 g/mol. The van der Waals surface area contributed by atoms with Gasteiger partial charge in [0.05, 0.1) is 6.04 Å². The van der Waals surface area contributed by atoms with E-state index in [0.717, 1.165) is 5.56 Å². The molecule has 15 heavy (non-hydrogen) atoms. The van der Waals surface area contributed by atoms with Crippen molar-refractivity contribution in [1.29, 1.82) is 0 Å². The van der Waals surface area contributed by atoms with Gasteiger partial charge in [-0.1, -0.05) is 43.7 Å². The van der Waals surface area contributed by atoms with Crippen LogP contribution >= 0.6 is 0 Å². The first kappa shape index (κ1) is 11.9. The number of carbonyl (C=O) groups is 1. The lowest BCUT2D eigenvalue weighted by Crippen LogP contribution is -2.36. The molecule has 0 aromatic heterocycles. The predicted molar refractivity (Wildman–Crippen MR) is 62.7 cm³/mol. The number of aryl methyl sites for hydroxylation is 1. The second-order valence-corrected chi connectivity index (χ2v) is 4.40. The Kier molecular flexibility index (Phi) is 4.04.